The minimum atomic E-state index is 0.284. The summed E-state index contributed by atoms with van der Waals surface area (Å²) in [7, 11) is 0. The van der Waals surface area contributed by atoms with Crippen molar-refractivity contribution in [1.29, 1.82) is 0 Å². The summed E-state index contributed by atoms with van der Waals surface area (Å²) in [6, 6.07) is 17.8. The summed E-state index contributed by atoms with van der Waals surface area (Å²) in [5.41, 5.74) is 5.98. The van der Waals surface area contributed by atoms with Gasteiger partial charge in [-0.05, 0) is 46.4 Å². The fourth-order valence-electron chi connectivity index (χ4n) is 2.38. The second-order valence-corrected chi connectivity index (χ2v) is 7.55. The van der Waals surface area contributed by atoms with E-state index in [0.717, 1.165) is 12.8 Å². The topological polar surface area (TPSA) is 0 Å². The number of hydrogen-bond acceptors (Lipinski definition) is 0. The Labute approximate surface area is 144 Å². The largest absolute Gasteiger partial charge is 0.0613 e. The predicted octanol–water partition coefficient (Wildman–Crippen LogP) is 6.92. The Kier molecular flexibility index (Phi) is 7.55. The number of aryl methyl sites for hydroxylation is 2. The normalized spacial score (nSPS) is 11.1. The van der Waals surface area contributed by atoms with Crippen molar-refractivity contribution >= 4 is 0 Å². The van der Waals surface area contributed by atoms with Gasteiger partial charge in [0.1, 0.15) is 0 Å². The lowest BCUT2D eigenvalue weighted by Crippen LogP contribution is -2.10. The van der Waals surface area contributed by atoms with E-state index in [9.17, 15) is 0 Å². The molecule has 0 aliphatic heterocycles. The number of hydrogen-bond donors (Lipinski definition) is 0. The van der Waals surface area contributed by atoms with E-state index in [-0.39, 0.29) is 5.41 Å². The zero-order chi connectivity index (χ0) is 17.5. The highest BCUT2D eigenvalue weighted by Crippen LogP contribution is 2.22. The van der Waals surface area contributed by atoms with Crippen molar-refractivity contribution in [1.82, 2.24) is 0 Å². The highest BCUT2D eigenvalue weighted by Gasteiger charge is 2.12. The molecule has 0 spiro atoms. The van der Waals surface area contributed by atoms with Crippen LogP contribution >= 0.6 is 0 Å². The summed E-state index contributed by atoms with van der Waals surface area (Å²) >= 11 is 0. The molecule has 2 aromatic rings. The van der Waals surface area contributed by atoms with Crippen molar-refractivity contribution < 1.29 is 0 Å². The summed E-state index contributed by atoms with van der Waals surface area (Å²) in [5, 5.41) is 0. The molecule has 0 N–H and O–H groups in total. The zero-order valence-corrected chi connectivity index (χ0v) is 16.1. The van der Waals surface area contributed by atoms with Crippen LogP contribution < -0.4 is 0 Å². The van der Waals surface area contributed by atoms with E-state index in [0.29, 0.717) is 5.92 Å². The molecule has 0 radical (unpaired) electrons. The van der Waals surface area contributed by atoms with E-state index in [4.69, 9.17) is 0 Å². The maximum atomic E-state index is 2.24. The van der Waals surface area contributed by atoms with E-state index >= 15 is 0 Å². The molecule has 23 heavy (non-hydrogen) atoms. The molecule has 0 atom stereocenters. The molecule has 0 saturated carbocycles. The summed E-state index contributed by atoms with van der Waals surface area (Å²) in [6.07, 6.45) is 2.27. The van der Waals surface area contributed by atoms with Gasteiger partial charge in [0.2, 0.25) is 0 Å². The monoisotopic (exact) mass is 310 g/mol. The molecule has 2 rings (SSSR count). The van der Waals surface area contributed by atoms with Crippen LogP contribution in [-0.4, -0.2) is 0 Å². The lowest BCUT2D eigenvalue weighted by molar-refractivity contribution is 0.590. The minimum absolute atomic E-state index is 0.284. The molecular formula is C23H34. The third kappa shape index (κ3) is 6.60. The standard InChI is InChI=1S/C12H18.C11H16/c1-5-10-6-8-11(9-7-10)12(2,3)4;1-4-10-5-7-11(8-6-10)9(2)3/h6-9H,5H2,1-4H3;5-9H,4H2,1-3H3. The Bertz CT molecular complexity index is 550. The van der Waals surface area contributed by atoms with Crippen molar-refractivity contribution in [3.8, 4) is 0 Å². The molecule has 0 aliphatic rings. The molecule has 0 saturated heterocycles. The van der Waals surface area contributed by atoms with E-state index in [1.54, 1.807) is 0 Å². The Hall–Kier alpha value is -1.56. The second-order valence-electron chi connectivity index (χ2n) is 7.55. The van der Waals surface area contributed by atoms with Gasteiger partial charge in [-0.25, -0.2) is 0 Å². The van der Waals surface area contributed by atoms with Crippen LogP contribution in [0.4, 0.5) is 0 Å². The zero-order valence-electron chi connectivity index (χ0n) is 16.1. The molecule has 0 fully saturated rings. The Morgan fingerprint density at radius 1 is 0.696 bits per heavy atom. The third-order valence-corrected chi connectivity index (χ3v) is 4.28. The van der Waals surface area contributed by atoms with Crippen LogP contribution in [-0.2, 0) is 18.3 Å². The van der Waals surface area contributed by atoms with Gasteiger partial charge in [0, 0.05) is 0 Å². The van der Waals surface area contributed by atoms with Crippen LogP contribution in [0.25, 0.3) is 0 Å². The second kappa shape index (κ2) is 8.91. The van der Waals surface area contributed by atoms with Gasteiger partial charge in [0.05, 0.1) is 0 Å². The van der Waals surface area contributed by atoms with Crippen LogP contribution in [0.3, 0.4) is 0 Å². The van der Waals surface area contributed by atoms with Gasteiger partial charge < -0.3 is 0 Å². The quantitative estimate of drug-likeness (QED) is 0.577. The third-order valence-electron chi connectivity index (χ3n) is 4.28. The average Bonchev–Trinajstić information content (AvgIpc) is 2.54. The van der Waals surface area contributed by atoms with Crippen molar-refractivity contribution in [3.05, 3.63) is 70.8 Å². The lowest BCUT2D eigenvalue weighted by atomic mass is 9.86. The van der Waals surface area contributed by atoms with E-state index in [1.807, 2.05) is 0 Å². The fourth-order valence-corrected chi connectivity index (χ4v) is 2.38. The van der Waals surface area contributed by atoms with Gasteiger partial charge in [-0.15, -0.1) is 0 Å². The van der Waals surface area contributed by atoms with Crippen molar-refractivity contribution in [2.24, 2.45) is 0 Å². The van der Waals surface area contributed by atoms with E-state index < -0.39 is 0 Å². The summed E-state index contributed by atoms with van der Waals surface area (Å²) < 4.78 is 0. The highest BCUT2D eigenvalue weighted by atomic mass is 14.2. The number of benzene rings is 2. The first kappa shape index (κ1) is 19.5. The minimum Gasteiger partial charge on any atom is -0.0613 e. The molecule has 0 nitrogen and oxygen atoms in total. The molecular weight excluding hydrogens is 276 g/mol. The summed E-state index contributed by atoms with van der Waals surface area (Å²) in [4.78, 5) is 0. The van der Waals surface area contributed by atoms with Crippen LogP contribution in [0.2, 0.25) is 0 Å². The smallest absolute Gasteiger partial charge is 0.0132 e. The van der Waals surface area contributed by atoms with Gasteiger partial charge in [-0.2, -0.15) is 0 Å². The molecule has 0 aliphatic carbocycles. The molecule has 0 amide bonds. The molecule has 0 aromatic heterocycles. The van der Waals surface area contributed by atoms with Crippen molar-refractivity contribution in [2.45, 2.75) is 72.6 Å². The highest BCUT2D eigenvalue weighted by molar-refractivity contribution is 5.27. The van der Waals surface area contributed by atoms with Crippen molar-refractivity contribution in [2.75, 3.05) is 0 Å². The lowest BCUT2D eigenvalue weighted by Gasteiger charge is -2.18. The van der Waals surface area contributed by atoms with Crippen LogP contribution in [0, 0.1) is 0 Å². The first-order valence-corrected chi connectivity index (χ1v) is 8.96. The Morgan fingerprint density at radius 3 is 1.39 bits per heavy atom. The van der Waals surface area contributed by atoms with Crippen LogP contribution in [0.5, 0.6) is 0 Å². The van der Waals surface area contributed by atoms with Gasteiger partial charge in [0.15, 0.2) is 0 Å². The van der Waals surface area contributed by atoms with Crippen LogP contribution in [0.15, 0.2) is 48.5 Å². The van der Waals surface area contributed by atoms with E-state index in [1.165, 1.54) is 22.3 Å². The first-order chi connectivity index (χ1) is 10.8. The fraction of sp³-hybridized carbons (Fsp3) is 0.478. The molecule has 0 heteroatoms. The predicted molar refractivity (Wildman–Crippen MR) is 104 cm³/mol. The number of rotatable bonds is 3. The molecule has 2 aromatic carbocycles. The van der Waals surface area contributed by atoms with Gasteiger partial charge >= 0.3 is 0 Å². The maximum Gasteiger partial charge on any atom is -0.0132 e. The summed E-state index contributed by atoms with van der Waals surface area (Å²) in [5.74, 6) is 0.654. The first-order valence-electron chi connectivity index (χ1n) is 8.96. The van der Waals surface area contributed by atoms with Crippen molar-refractivity contribution in [3.63, 3.8) is 0 Å². The maximum absolute atomic E-state index is 2.24. The average molecular weight is 311 g/mol. The van der Waals surface area contributed by atoms with E-state index in [2.05, 4.69) is 97.0 Å². The molecule has 126 valence electrons. The molecule has 0 heterocycles. The van der Waals surface area contributed by atoms with Gasteiger partial charge in [-0.1, -0.05) is 97.0 Å². The van der Waals surface area contributed by atoms with Gasteiger partial charge in [-0.3, -0.25) is 0 Å². The SMILES string of the molecule is CCc1ccc(C(C)(C)C)cc1.CCc1ccc(C(C)C)cc1. The molecule has 0 unspecified atom stereocenters. The summed E-state index contributed by atoms with van der Waals surface area (Å²) in [6.45, 7) is 15.5. The Balaban J connectivity index is 0.000000231. The Morgan fingerprint density at radius 2 is 1.09 bits per heavy atom. The van der Waals surface area contributed by atoms with Gasteiger partial charge in [0.25, 0.3) is 0 Å². The van der Waals surface area contributed by atoms with Crippen LogP contribution in [0.1, 0.15) is 76.6 Å². The molecule has 0 bridgehead atoms.